The minimum Gasteiger partial charge on any atom is -0.399 e. The maximum Gasteiger partial charge on any atom is 0.234 e. The van der Waals surface area contributed by atoms with Gasteiger partial charge in [-0.05, 0) is 71.2 Å². The normalized spacial score (nSPS) is 10.4. The van der Waals surface area contributed by atoms with Gasteiger partial charge in [-0.2, -0.15) is 0 Å². The third-order valence-corrected chi connectivity index (χ3v) is 4.79. The summed E-state index contributed by atoms with van der Waals surface area (Å²) in [6, 6.07) is 11.6. The lowest BCUT2D eigenvalue weighted by atomic mass is 10.2. The lowest BCUT2D eigenvalue weighted by Crippen LogP contribution is -2.14. The molecule has 110 valence electrons. The largest absolute Gasteiger partial charge is 0.399 e. The first-order chi connectivity index (χ1) is 9.95. The molecule has 3 N–H and O–H groups in total. The van der Waals surface area contributed by atoms with E-state index in [1.165, 1.54) is 11.8 Å². The van der Waals surface area contributed by atoms with Crippen molar-refractivity contribution in [2.45, 2.75) is 18.7 Å². The summed E-state index contributed by atoms with van der Waals surface area (Å²) in [4.78, 5) is 13.1. The van der Waals surface area contributed by atoms with Gasteiger partial charge in [-0.25, -0.2) is 0 Å². The van der Waals surface area contributed by atoms with E-state index in [9.17, 15) is 4.79 Å². The number of halogens is 1. The zero-order valence-corrected chi connectivity index (χ0v) is 14.3. The molecule has 3 nitrogen and oxygen atoms in total. The van der Waals surface area contributed by atoms with Crippen molar-refractivity contribution in [3.8, 4) is 0 Å². The van der Waals surface area contributed by atoms with Crippen LogP contribution in [0.15, 0.2) is 45.8 Å². The molecule has 21 heavy (non-hydrogen) atoms. The molecule has 0 bridgehead atoms. The number of nitrogens with one attached hydrogen (secondary N) is 1. The number of nitrogens with two attached hydrogens (primary N) is 1. The maximum absolute atomic E-state index is 12.0. The third kappa shape index (κ3) is 4.51. The fourth-order valence-corrected chi connectivity index (χ4v) is 3.29. The molecular formula is C16H17BrN2OS. The molecule has 0 heterocycles. The number of thioether (sulfide) groups is 1. The van der Waals surface area contributed by atoms with Crippen molar-refractivity contribution in [2.24, 2.45) is 0 Å². The maximum atomic E-state index is 12.0. The summed E-state index contributed by atoms with van der Waals surface area (Å²) < 4.78 is 0.893. The Morgan fingerprint density at radius 2 is 2.00 bits per heavy atom. The van der Waals surface area contributed by atoms with E-state index >= 15 is 0 Å². The number of anilines is 2. The summed E-state index contributed by atoms with van der Waals surface area (Å²) in [6.07, 6.45) is 0. The van der Waals surface area contributed by atoms with Crippen LogP contribution >= 0.6 is 27.7 Å². The molecule has 0 saturated heterocycles. The van der Waals surface area contributed by atoms with Crippen molar-refractivity contribution < 1.29 is 4.79 Å². The first-order valence-corrected chi connectivity index (χ1v) is 8.28. The van der Waals surface area contributed by atoms with Crippen LogP contribution in [0.2, 0.25) is 0 Å². The Bertz CT molecular complexity index is 673. The van der Waals surface area contributed by atoms with Gasteiger partial charge in [-0.15, -0.1) is 11.8 Å². The smallest absolute Gasteiger partial charge is 0.234 e. The second kappa shape index (κ2) is 7.00. The Labute approximate surface area is 137 Å². The van der Waals surface area contributed by atoms with E-state index in [-0.39, 0.29) is 5.91 Å². The van der Waals surface area contributed by atoms with Crippen molar-refractivity contribution in [1.82, 2.24) is 0 Å². The van der Waals surface area contributed by atoms with Crippen LogP contribution < -0.4 is 11.1 Å². The Balaban J connectivity index is 1.96. The summed E-state index contributed by atoms with van der Waals surface area (Å²) >= 11 is 4.96. The summed E-state index contributed by atoms with van der Waals surface area (Å²) in [7, 11) is 0. The fraction of sp³-hybridized carbons (Fsp3) is 0.188. The monoisotopic (exact) mass is 364 g/mol. The molecule has 2 rings (SSSR count). The van der Waals surface area contributed by atoms with Gasteiger partial charge in [-0.3, -0.25) is 4.79 Å². The zero-order valence-electron chi connectivity index (χ0n) is 11.9. The number of hydrogen-bond donors (Lipinski definition) is 2. The standard InChI is InChI=1S/C16H17BrN2OS/c1-10-3-5-14(13(17)7-10)19-16(20)9-21-15-6-4-12(18)8-11(15)2/h3-8H,9,18H2,1-2H3,(H,19,20). The number of hydrogen-bond acceptors (Lipinski definition) is 3. The molecule has 0 atom stereocenters. The molecule has 0 aliphatic rings. The van der Waals surface area contributed by atoms with Gasteiger partial charge in [0.2, 0.25) is 5.91 Å². The van der Waals surface area contributed by atoms with Gasteiger partial charge >= 0.3 is 0 Å². The number of carbonyl (C=O) groups excluding carboxylic acids is 1. The minimum atomic E-state index is -0.0271. The summed E-state index contributed by atoms with van der Waals surface area (Å²) in [5.41, 5.74) is 9.49. The van der Waals surface area contributed by atoms with Crippen LogP contribution in [0.1, 0.15) is 11.1 Å². The van der Waals surface area contributed by atoms with Crippen molar-refractivity contribution >= 4 is 45.0 Å². The van der Waals surface area contributed by atoms with E-state index in [1.54, 1.807) is 0 Å². The highest BCUT2D eigenvalue weighted by Crippen LogP contribution is 2.26. The molecule has 5 heteroatoms. The molecule has 0 radical (unpaired) electrons. The molecule has 0 aliphatic heterocycles. The number of nitrogen functional groups attached to an aromatic ring is 1. The summed E-state index contributed by atoms with van der Waals surface area (Å²) in [6.45, 7) is 4.00. The van der Waals surface area contributed by atoms with Crippen LogP contribution in [0.4, 0.5) is 11.4 Å². The van der Waals surface area contributed by atoms with Crippen molar-refractivity contribution in [1.29, 1.82) is 0 Å². The van der Waals surface area contributed by atoms with Crippen LogP contribution in [0.5, 0.6) is 0 Å². The Hall–Kier alpha value is -1.46. The Kier molecular flexibility index (Phi) is 5.31. The number of rotatable bonds is 4. The Morgan fingerprint density at radius 1 is 1.24 bits per heavy atom. The summed E-state index contributed by atoms with van der Waals surface area (Å²) in [5, 5.41) is 2.91. The second-order valence-corrected chi connectivity index (χ2v) is 6.72. The third-order valence-electron chi connectivity index (χ3n) is 2.96. The van der Waals surface area contributed by atoms with E-state index in [0.717, 1.165) is 31.9 Å². The van der Waals surface area contributed by atoms with Gasteiger partial charge in [-0.1, -0.05) is 6.07 Å². The molecule has 0 fully saturated rings. The first-order valence-electron chi connectivity index (χ1n) is 6.50. The number of carbonyl (C=O) groups is 1. The van der Waals surface area contributed by atoms with E-state index in [0.29, 0.717) is 5.75 Å². The van der Waals surface area contributed by atoms with Crippen molar-refractivity contribution in [3.63, 3.8) is 0 Å². The van der Waals surface area contributed by atoms with Crippen LogP contribution in [-0.2, 0) is 4.79 Å². The molecule has 1 amide bonds. The van der Waals surface area contributed by atoms with E-state index < -0.39 is 0 Å². The second-order valence-electron chi connectivity index (χ2n) is 4.85. The highest BCUT2D eigenvalue weighted by molar-refractivity contribution is 9.10. The van der Waals surface area contributed by atoms with Gasteiger partial charge in [0.1, 0.15) is 0 Å². The number of benzene rings is 2. The molecule has 0 unspecified atom stereocenters. The lowest BCUT2D eigenvalue weighted by molar-refractivity contribution is -0.113. The molecule has 0 aromatic heterocycles. The van der Waals surface area contributed by atoms with Crippen LogP contribution in [0.25, 0.3) is 0 Å². The van der Waals surface area contributed by atoms with Gasteiger partial charge in [0.15, 0.2) is 0 Å². The molecule has 2 aromatic carbocycles. The van der Waals surface area contributed by atoms with Crippen molar-refractivity contribution in [2.75, 3.05) is 16.8 Å². The SMILES string of the molecule is Cc1ccc(NC(=O)CSc2ccc(N)cc2C)c(Br)c1. The summed E-state index contributed by atoms with van der Waals surface area (Å²) in [5.74, 6) is 0.339. The van der Waals surface area contributed by atoms with Crippen LogP contribution in [0.3, 0.4) is 0 Å². The van der Waals surface area contributed by atoms with E-state index in [4.69, 9.17) is 5.73 Å². The van der Waals surface area contributed by atoms with E-state index in [2.05, 4.69) is 21.2 Å². The minimum absolute atomic E-state index is 0.0271. The lowest BCUT2D eigenvalue weighted by Gasteiger charge is -2.09. The predicted molar refractivity (Wildman–Crippen MR) is 93.8 cm³/mol. The van der Waals surface area contributed by atoms with Gasteiger partial charge in [0, 0.05) is 15.1 Å². The molecular weight excluding hydrogens is 348 g/mol. The quantitative estimate of drug-likeness (QED) is 0.625. The highest BCUT2D eigenvalue weighted by atomic mass is 79.9. The average molecular weight is 365 g/mol. The van der Waals surface area contributed by atoms with E-state index in [1.807, 2.05) is 50.2 Å². The van der Waals surface area contributed by atoms with Gasteiger partial charge in [0.25, 0.3) is 0 Å². The van der Waals surface area contributed by atoms with Gasteiger partial charge in [0.05, 0.1) is 11.4 Å². The Morgan fingerprint density at radius 3 is 2.67 bits per heavy atom. The van der Waals surface area contributed by atoms with Crippen LogP contribution in [0, 0.1) is 13.8 Å². The molecule has 0 spiro atoms. The highest BCUT2D eigenvalue weighted by Gasteiger charge is 2.08. The fourth-order valence-electron chi connectivity index (χ4n) is 1.89. The molecule has 0 aliphatic carbocycles. The number of aryl methyl sites for hydroxylation is 2. The predicted octanol–water partition coefficient (Wildman–Crippen LogP) is 4.38. The first kappa shape index (κ1) is 15.9. The average Bonchev–Trinajstić information content (AvgIpc) is 2.41. The van der Waals surface area contributed by atoms with Gasteiger partial charge < -0.3 is 11.1 Å². The number of amides is 1. The van der Waals surface area contributed by atoms with Crippen LogP contribution in [-0.4, -0.2) is 11.7 Å². The zero-order chi connectivity index (χ0) is 15.4. The molecule has 2 aromatic rings. The topological polar surface area (TPSA) is 55.1 Å². The van der Waals surface area contributed by atoms with Crippen molar-refractivity contribution in [3.05, 3.63) is 52.0 Å². The molecule has 0 saturated carbocycles.